The number of fused-ring (bicyclic) bond motifs is 3. The highest BCUT2D eigenvalue weighted by atomic mass is 16.5. The fraction of sp³-hybridized carbons (Fsp3) is 0.333. The van der Waals surface area contributed by atoms with E-state index in [0.717, 1.165) is 11.4 Å². The van der Waals surface area contributed by atoms with Gasteiger partial charge in [-0.3, -0.25) is 0 Å². The summed E-state index contributed by atoms with van der Waals surface area (Å²) in [4.78, 5) is 2.20. The van der Waals surface area contributed by atoms with Gasteiger partial charge in [-0.2, -0.15) is 0 Å². The number of aliphatic hydroxyl groups is 1. The first-order valence-corrected chi connectivity index (χ1v) is 6.24. The maximum absolute atomic E-state index is 9.37. The van der Waals surface area contributed by atoms with Gasteiger partial charge in [-0.1, -0.05) is 30.3 Å². The summed E-state index contributed by atoms with van der Waals surface area (Å²) >= 11 is 0. The van der Waals surface area contributed by atoms with Gasteiger partial charge >= 0.3 is 0 Å². The maximum Gasteiger partial charge on any atom is 0.143 e. The fourth-order valence-electron chi connectivity index (χ4n) is 2.60. The molecule has 2 atom stereocenters. The number of likely N-dealkylation sites (N-methyl/N-ethyl adjacent to an activating group) is 1. The molecule has 0 aliphatic carbocycles. The van der Waals surface area contributed by atoms with Gasteiger partial charge in [0.15, 0.2) is 0 Å². The number of hydrogen-bond donors (Lipinski definition) is 1. The third-order valence-electron chi connectivity index (χ3n) is 3.82. The van der Waals surface area contributed by atoms with Crippen molar-refractivity contribution in [1.82, 2.24) is 0 Å². The molecule has 1 heterocycles. The zero-order valence-electron chi connectivity index (χ0n) is 10.6. The molecule has 0 amide bonds. The van der Waals surface area contributed by atoms with E-state index in [0.29, 0.717) is 0 Å². The van der Waals surface area contributed by atoms with Crippen LogP contribution in [0.2, 0.25) is 0 Å². The summed E-state index contributed by atoms with van der Waals surface area (Å²) in [7, 11) is 2.06. The van der Waals surface area contributed by atoms with Crippen LogP contribution in [0.25, 0.3) is 10.8 Å². The number of hydrogen-bond acceptors (Lipinski definition) is 3. The van der Waals surface area contributed by atoms with E-state index < -0.39 is 0 Å². The van der Waals surface area contributed by atoms with E-state index in [-0.39, 0.29) is 18.8 Å². The minimum atomic E-state index is -0.163. The summed E-state index contributed by atoms with van der Waals surface area (Å²) in [6.07, 6.45) is -0.163. The number of ether oxygens (including phenoxy) is 1. The van der Waals surface area contributed by atoms with E-state index in [2.05, 4.69) is 37.1 Å². The topological polar surface area (TPSA) is 32.7 Å². The number of aliphatic hydroxyl groups excluding tert-OH is 1. The monoisotopic (exact) mass is 243 g/mol. The molecule has 3 nitrogen and oxygen atoms in total. The average Bonchev–Trinajstić information content (AvgIpc) is 2.42. The van der Waals surface area contributed by atoms with Crippen LogP contribution in [0.5, 0.6) is 5.75 Å². The lowest BCUT2D eigenvalue weighted by Gasteiger charge is -2.39. The lowest BCUT2D eigenvalue weighted by molar-refractivity contribution is 0.0892. The van der Waals surface area contributed by atoms with Gasteiger partial charge < -0.3 is 14.7 Å². The standard InChI is InChI=1S/C15H17NO2/c1-10-14(9-17)18-13-8-7-11-5-3-4-6-12(11)15(13)16(10)2/h3-8,10,14,17H,9H2,1-2H3. The molecule has 3 heteroatoms. The van der Waals surface area contributed by atoms with E-state index in [4.69, 9.17) is 4.74 Å². The average molecular weight is 243 g/mol. The molecule has 94 valence electrons. The molecule has 2 unspecified atom stereocenters. The predicted molar refractivity (Wildman–Crippen MR) is 73.3 cm³/mol. The van der Waals surface area contributed by atoms with E-state index in [9.17, 15) is 5.11 Å². The quantitative estimate of drug-likeness (QED) is 0.835. The molecule has 2 aromatic carbocycles. The van der Waals surface area contributed by atoms with Crippen LogP contribution < -0.4 is 9.64 Å². The summed E-state index contributed by atoms with van der Waals surface area (Å²) in [5.74, 6) is 0.855. The second-order valence-corrected chi connectivity index (χ2v) is 4.82. The Morgan fingerprint density at radius 3 is 2.78 bits per heavy atom. The van der Waals surface area contributed by atoms with Crippen molar-refractivity contribution in [2.75, 3.05) is 18.6 Å². The van der Waals surface area contributed by atoms with Crippen molar-refractivity contribution < 1.29 is 9.84 Å². The molecule has 1 aliphatic heterocycles. The summed E-state index contributed by atoms with van der Waals surface area (Å²) in [6.45, 7) is 2.11. The van der Waals surface area contributed by atoms with Crippen molar-refractivity contribution in [2.24, 2.45) is 0 Å². The van der Waals surface area contributed by atoms with E-state index >= 15 is 0 Å². The Morgan fingerprint density at radius 2 is 2.00 bits per heavy atom. The van der Waals surface area contributed by atoms with Crippen LogP contribution in [0.4, 0.5) is 5.69 Å². The van der Waals surface area contributed by atoms with E-state index in [1.807, 2.05) is 18.2 Å². The molecular formula is C15H17NO2. The molecule has 0 fully saturated rings. The van der Waals surface area contributed by atoms with Crippen molar-refractivity contribution in [3.63, 3.8) is 0 Å². The predicted octanol–water partition coefficient (Wildman–Crippen LogP) is 2.42. The largest absolute Gasteiger partial charge is 0.484 e. The molecule has 0 radical (unpaired) electrons. The van der Waals surface area contributed by atoms with Gasteiger partial charge in [0.1, 0.15) is 11.9 Å². The fourth-order valence-corrected chi connectivity index (χ4v) is 2.60. The zero-order chi connectivity index (χ0) is 12.7. The van der Waals surface area contributed by atoms with Gasteiger partial charge in [-0.05, 0) is 18.4 Å². The Bertz CT molecular complexity index is 582. The maximum atomic E-state index is 9.37. The number of rotatable bonds is 1. The van der Waals surface area contributed by atoms with Crippen LogP contribution in [-0.4, -0.2) is 30.9 Å². The number of benzene rings is 2. The molecule has 0 aromatic heterocycles. The molecule has 1 aliphatic rings. The van der Waals surface area contributed by atoms with Gasteiger partial charge in [0.2, 0.25) is 0 Å². The molecule has 1 N–H and O–H groups in total. The molecule has 0 spiro atoms. The minimum Gasteiger partial charge on any atom is -0.484 e. The van der Waals surface area contributed by atoms with Crippen molar-refractivity contribution in [3.05, 3.63) is 36.4 Å². The third-order valence-corrected chi connectivity index (χ3v) is 3.82. The molecule has 0 bridgehead atoms. The van der Waals surface area contributed by atoms with Crippen LogP contribution in [-0.2, 0) is 0 Å². The highest BCUT2D eigenvalue weighted by Gasteiger charge is 2.31. The van der Waals surface area contributed by atoms with Crippen molar-refractivity contribution in [1.29, 1.82) is 0 Å². The van der Waals surface area contributed by atoms with Crippen molar-refractivity contribution in [3.8, 4) is 5.75 Å². The van der Waals surface area contributed by atoms with Crippen LogP contribution in [0.1, 0.15) is 6.92 Å². The smallest absolute Gasteiger partial charge is 0.143 e. The lowest BCUT2D eigenvalue weighted by Crippen LogP contribution is -2.47. The minimum absolute atomic E-state index is 0.0395. The second-order valence-electron chi connectivity index (χ2n) is 4.82. The highest BCUT2D eigenvalue weighted by molar-refractivity contribution is 5.97. The normalized spacial score (nSPS) is 22.7. The van der Waals surface area contributed by atoms with Gasteiger partial charge in [0, 0.05) is 12.4 Å². The zero-order valence-corrected chi connectivity index (χ0v) is 10.6. The first kappa shape index (κ1) is 11.4. The molecule has 18 heavy (non-hydrogen) atoms. The Balaban J connectivity index is 2.22. The van der Waals surface area contributed by atoms with Crippen molar-refractivity contribution in [2.45, 2.75) is 19.1 Å². The molecule has 2 aromatic rings. The van der Waals surface area contributed by atoms with Gasteiger partial charge in [0.05, 0.1) is 18.3 Å². The van der Waals surface area contributed by atoms with Crippen LogP contribution in [0, 0.1) is 0 Å². The van der Waals surface area contributed by atoms with Gasteiger partial charge in [-0.25, -0.2) is 0 Å². The Kier molecular flexibility index (Phi) is 2.63. The third kappa shape index (κ3) is 1.55. The molecule has 0 saturated carbocycles. The van der Waals surface area contributed by atoms with Crippen LogP contribution in [0.15, 0.2) is 36.4 Å². The second kappa shape index (κ2) is 4.18. The molecular weight excluding hydrogens is 226 g/mol. The first-order chi connectivity index (χ1) is 8.72. The Labute approximate surface area is 107 Å². The van der Waals surface area contributed by atoms with E-state index in [1.54, 1.807) is 0 Å². The summed E-state index contributed by atoms with van der Waals surface area (Å²) < 4.78 is 5.88. The summed E-state index contributed by atoms with van der Waals surface area (Å²) in [6, 6.07) is 12.5. The first-order valence-electron chi connectivity index (χ1n) is 6.24. The van der Waals surface area contributed by atoms with Crippen LogP contribution in [0.3, 0.4) is 0 Å². The van der Waals surface area contributed by atoms with Crippen LogP contribution >= 0.6 is 0 Å². The Hall–Kier alpha value is -1.74. The number of anilines is 1. The van der Waals surface area contributed by atoms with Crippen molar-refractivity contribution >= 4 is 16.5 Å². The van der Waals surface area contributed by atoms with Gasteiger partial charge in [0.25, 0.3) is 0 Å². The molecule has 3 rings (SSSR count). The van der Waals surface area contributed by atoms with E-state index in [1.165, 1.54) is 10.8 Å². The Morgan fingerprint density at radius 1 is 1.22 bits per heavy atom. The molecule has 0 saturated heterocycles. The van der Waals surface area contributed by atoms with Gasteiger partial charge in [-0.15, -0.1) is 0 Å². The summed E-state index contributed by atoms with van der Waals surface area (Å²) in [5.41, 5.74) is 1.12. The highest BCUT2D eigenvalue weighted by Crippen LogP contribution is 2.40. The summed E-state index contributed by atoms with van der Waals surface area (Å²) in [5, 5.41) is 11.8. The SMILES string of the molecule is CC1C(CO)Oc2ccc3ccccc3c2N1C. The number of nitrogens with zero attached hydrogens (tertiary/aromatic N) is 1. The lowest BCUT2D eigenvalue weighted by atomic mass is 10.0.